The molecule has 0 aliphatic heterocycles. The quantitative estimate of drug-likeness (QED) is 0.671. The number of methoxy groups -OCH3 is 1. The minimum Gasteiger partial charge on any atom is -0.465 e. The highest BCUT2D eigenvalue weighted by molar-refractivity contribution is 8.00. The molecule has 0 unspecified atom stereocenters. The second kappa shape index (κ2) is 8.08. The van der Waals surface area contributed by atoms with Gasteiger partial charge in [0.2, 0.25) is 5.91 Å². The van der Waals surface area contributed by atoms with Gasteiger partial charge in [-0.2, -0.15) is 0 Å². The third-order valence-electron chi connectivity index (χ3n) is 3.62. The first-order valence-corrected chi connectivity index (χ1v) is 8.29. The number of hydrogen-bond acceptors (Lipinski definition) is 4. The topological polar surface area (TPSA) is 55.4 Å². The van der Waals surface area contributed by atoms with Gasteiger partial charge in [0.1, 0.15) is 0 Å². The molecular formula is C16H21NO3S. The second-order valence-corrected chi connectivity index (χ2v) is 6.20. The smallest absolute Gasteiger partial charge is 0.338 e. The Morgan fingerprint density at radius 1 is 1.24 bits per heavy atom. The van der Waals surface area contributed by atoms with Crippen molar-refractivity contribution in [2.24, 2.45) is 0 Å². The lowest BCUT2D eigenvalue weighted by Gasteiger charge is -2.22. The molecule has 0 bridgehead atoms. The molecular weight excluding hydrogens is 286 g/mol. The Labute approximate surface area is 129 Å². The molecule has 0 saturated heterocycles. The van der Waals surface area contributed by atoms with E-state index in [9.17, 15) is 9.59 Å². The second-order valence-electron chi connectivity index (χ2n) is 5.18. The molecule has 0 aromatic heterocycles. The van der Waals surface area contributed by atoms with Crippen molar-refractivity contribution in [1.29, 1.82) is 0 Å². The Bertz CT molecular complexity index is 498. The van der Waals surface area contributed by atoms with Crippen molar-refractivity contribution >= 4 is 23.6 Å². The first-order chi connectivity index (χ1) is 10.2. The van der Waals surface area contributed by atoms with E-state index in [1.165, 1.54) is 38.1 Å². The highest BCUT2D eigenvalue weighted by Gasteiger charge is 2.17. The van der Waals surface area contributed by atoms with Crippen molar-refractivity contribution in [1.82, 2.24) is 5.32 Å². The molecule has 1 aromatic carbocycles. The standard InChI is InChI=1S/C16H21NO3S/c1-20-16(19)13-9-5-6-10-14(13)21-11-15(18)17-12-7-3-2-4-8-12/h5-6,9-10,12H,2-4,7-8,11H2,1H3,(H,17,18). The summed E-state index contributed by atoms with van der Waals surface area (Å²) in [5, 5.41) is 3.08. The van der Waals surface area contributed by atoms with Gasteiger partial charge in [-0.25, -0.2) is 4.79 Å². The van der Waals surface area contributed by atoms with Crippen LogP contribution >= 0.6 is 11.8 Å². The van der Waals surface area contributed by atoms with Crippen LogP contribution in [0.4, 0.5) is 0 Å². The summed E-state index contributed by atoms with van der Waals surface area (Å²) in [6.07, 6.45) is 5.82. The molecule has 0 radical (unpaired) electrons. The Kier molecular flexibility index (Phi) is 6.11. The number of thioether (sulfide) groups is 1. The molecule has 1 amide bonds. The molecule has 114 valence electrons. The van der Waals surface area contributed by atoms with Gasteiger partial charge in [-0.3, -0.25) is 4.79 Å². The predicted octanol–water partition coefficient (Wildman–Crippen LogP) is 3.01. The van der Waals surface area contributed by atoms with Gasteiger partial charge in [0.15, 0.2) is 0 Å². The van der Waals surface area contributed by atoms with Gasteiger partial charge in [-0.05, 0) is 25.0 Å². The summed E-state index contributed by atoms with van der Waals surface area (Å²) in [6.45, 7) is 0. The van der Waals surface area contributed by atoms with Gasteiger partial charge in [-0.15, -0.1) is 11.8 Å². The minimum atomic E-state index is -0.370. The first kappa shape index (κ1) is 15.9. The Morgan fingerprint density at radius 3 is 2.67 bits per heavy atom. The van der Waals surface area contributed by atoms with Crippen molar-refractivity contribution < 1.29 is 14.3 Å². The van der Waals surface area contributed by atoms with Gasteiger partial charge in [0, 0.05) is 10.9 Å². The fourth-order valence-electron chi connectivity index (χ4n) is 2.53. The summed E-state index contributed by atoms with van der Waals surface area (Å²) in [6, 6.07) is 7.52. The van der Waals surface area contributed by atoms with E-state index in [0.717, 1.165) is 17.7 Å². The summed E-state index contributed by atoms with van der Waals surface area (Å²) in [4.78, 5) is 24.4. The number of amides is 1. The van der Waals surface area contributed by atoms with E-state index in [1.807, 2.05) is 12.1 Å². The van der Waals surface area contributed by atoms with Crippen LogP contribution < -0.4 is 5.32 Å². The van der Waals surface area contributed by atoms with Crippen molar-refractivity contribution in [3.63, 3.8) is 0 Å². The van der Waals surface area contributed by atoms with E-state index < -0.39 is 0 Å². The fraction of sp³-hybridized carbons (Fsp3) is 0.500. The van der Waals surface area contributed by atoms with E-state index >= 15 is 0 Å². The average molecular weight is 307 g/mol. The van der Waals surface area contributed by atoms with Crippen LogP contribution in [0.25, 0.3) is 0 Å². The van der Waals surface area contributed by atoms with Gasteiger partial charge in [0.05, 0.1) is 18.4 Å². The maximum absolute atomic E-state index is 12.0. The summed E-state index contributed by atoms with van der Waals surface area (Å²) in [5.41, 5.74) is 0.510. The molecule has 1 aliphatic carbocycles. The van der Waals surface area contributed by atoms with Gasteiger partial charge in [0.25, 0.3) is 0 Å². The average Bonchev–Trinajstić information content (AvgIpc) is 2.53. The Balaban J connectivity index is 1.87. The lowest BCUT2D eigenvalue weighted by molar-refractivity contribution is -0.119. The van der Waals surface area contributed by atoms with Crippen LogP contribution in [-0.2, 0) is 9.53 Å². The monoisotopic (exact) mass is 307 g/mol. The van der Waals surface area contributed by atoms with E-state index in [-0.39, 0.29) is 11.9 Å². The molecule has 0 spiro atoms. The maximum Gasteiger partial charge on any atom is 0.338 e. The van der Waals surface area contributed by atoms with Crippen LogP contribution in [0.5, 0.6) is 0 Å². The zero-order valence-electron chi connectivity index (χ0n) is 12.3. The first-order valence-electron chi connectivity index (χ1n) is 7.30. The number of benzene rings is 1. The SMILES string of the molecule is COC(=O)c1ccccc1SCC(=O)NC1CCCCC1. The van der Waals surface area contributed by atoms with Crippen LogP contribution in [0.2, 0.25) is 0 Å². The van der Waals surface area contributed by atoms with Crippen molar-refractivity contribution in [2.45, 2.75) is 43.0 Å². The molecule has 1 fully saturated rings. The molecule has 2 rings (SSSR count). The molecule has 21 heavy (non-hydrogen) atoms. The predicted molar refractivity (Wildman–Crippen MR) is 83.5 cm³/mol. The Hall–Kier alpha value is -1.49. The number of nitrogens with one attached hydrogen (secondary N) is 1. The van der Waals surface area contributed by atoms with E-state index in [4.69, 9.17) is 4.74 Å². The van der Waals surface area contributed by atoms with Crippen molar-refractivity contribution in [2.75, 3.05) is 12.9 Å². The minimum absolute atomic E-state index is 0.0339. The summed E-state index contributed by atoms with van der Waals surface area (Å²) in [5.74, 6) is -0.0119. The summed E-state index contributed by atoms with van der Waals surface area (Å²) >= 11 is 1.37. The van der Waals surface area contributed by atoms with E-state index in [2.05, 4.69) is 5.32 Å². The third-order valence-corrected chi connectivity index (χ3v) is 4.69. The molecule has 0 heterocycles. The largest absolute Gasteiger partial charge is 0.465 e. The van der Waals surface area contributed by atoms with Crippen LogP contribution in [0.15, 0.2) is 29.2 Å². The number of ether oxygens (including phenoxy) is 1. The maximum atomic E-state index is 12.0. The highest BCUT2D eigenvalue weighted by atomic mass is 32.2. The molecule has 1 N–H and O–H groups in total. The van der Waals surface area contributed by atoms with Crippen LogP contribution in [0, 0.1) is 0 Å². The third kappa shape index (κ3) is 4.77. The molecule has 4 nitrogen and oxygen atoms in total. The Morgan fingerprint density at radius 2 is 1.95 bits per heavy atom. The lowest BCUT2D eigenvalue weighted by Crippen LogP contribution is -2.37. The summed E-state index contributed by atoms with van der Waals surface area (Å²) < 4.78 is 4.75. The fourth-order valence-corrected chi connectivity index (χ4v) is 3.38. The zero-order valence-corrected chi connectivity index (χ0v) is 13.1. The van der Waals surface area contributed by atoms with E-state index in [1.54, 1.807) is 12.1 Å². The zero-order chi connectivity index (χ0) is 15.1. The van der Waals surface area contributed by atoms with Crippen molar-refractivity contribution in [3.05, 3.63) is 29.8 Å². The van der Waals surface area contributed by atoms with Crippen LogP contribution in [0.3, 0.4) is 0 Å². The van der Waals surface area contributed by atoms with Crippen LogP contribution in [0.1, 0.15) is 42.5 Å². The number of hydrogen-bond donors (Lipinski definition) is 1. The van der Waals surface area contributed by atoms with E-state index in [0.29, 0.717) is 17.4 Å². The van der Waals surface area contributed by atoms with Gasteiger partial charge < -0.3 is 10.1 Å². The molecule has 1 aromatic rings. The summed E-state index contributed by atoms with van der Waals surface area (Å²) in [7, 11) is 1.36. The number of rotatable bonds is 5. The normalized spacial score (nSPS) is 15.5. The van der Waals surface area contributed by atoms with Gasteiger partial charge >= 0.3 is 5.97 Å². The van der Waals surface area contributed by atoms with Crippen molar-refractivity contribution in [3.8, 4) is 0 Å². The molecule has 1 saturated carbocycles. The number of carbonyl (C=O) groups is 2. The molecule has 5 heteroatoms. The molecule has 1 aliphatic rings. The number of carbonyl (C=O) groups excluding carboxylic acids is 2. The number of esters is 1. The van der Waals surface area contributed by atoms with Gasteiger partial charge in [-0.1, -0.05) is 31.4 Å². The molecule has 0 atom stereocenters. The lowest BCUT2D eigenvalue weighted by atomic mass is 9.95. The van der Waals surface area contributed by atoms with Crippen LogP contribution in [-0.4, -0.2) is 30.8 Å². The highest BCUT2D eigenvalue weighted by Crippen LogP contribution is 2.23.